The minimum absolute atomic E-state index is 0.0773. The molecule has 9 heteroatoms. The van der Waals surface area contributed by atoms with Crippen LogP contribution in [0.3, 0.4) is 0 Å². The maximum absolute atomic E-state index is 13.1. The van der Waals surface area contributed by atoms with Crippen molar-refractivity contribution >= 4 is 13.7 Å². The first kappa shape index (κ1) is 80.0. The summed E-state index contributed by atoms with van der Waals surface area (Å²) in [6.45, 7) is 4.94. The van der Waals surface area contributed by atoms with E-state index in [0.29, 0.717) is 23.9 Å². The van der Waals surface area contributed by atoms with Gasteiger partial charge >= 0.3 is 7.82 Å². The molecule has 0 aliphatic rings. The number of quaternary nitrogens is 1. The molecule has 0 fully saturated rings. The van der Waals surface area contributed by atoms with E-state index in [0.717, 1.165) is 44.9 Å². The fourth-order valence-electron chi connectivity index (χ4n) is 11.3. The zero-order valence-corrected chi connectivity index (χ0v) is 56.2. The molecule has 3 unspecified atom stereocenters. The van der Waals surface area contributed by atoms with Crippen LogP contribution in [0.2, 0.25) is 0 Å². The summed E-state index contributed by atoms with van der Waals surface area (Å²) in [5, 5.41) is 14.2. The molecule has 3 atom stereocenters. The Labute approximate surface area is 506 Å². The van der Waals surface area contributed by atoms with Gasteiger partial charge in [0.05, 0.1) is 39.9 Å². The van der Waals surface area contributed by atoms with Gasteiger partial charge in [-0.3, -0.25) is 13.8 Å². The average Bonchev–Trinajstić information content (AvgIpc) is 3.43. The summed E-state index contributed by atoms with van der Waals surface area (Å²) in [6.07, 6.45) is 82.9. The molecule has 0 saturated carbocycles. The Morgan fingerprint density at radius 3 is 1.01 bits per heavy atom. The van der Waals surface area contributed by atoms with E-state index in [-0.39, 0.29) is 19.1 Å². The van der Waals surface area contributed by atoms with Crippen molar-refractivity contribution in [3.63, 3.8) is 0 Å². The second kappa shape index (κ2) is 63.5. The molecular formula is C72H144N2O6P+. The summed E-state index contributed by atoms with van der Waals surface area (Å²) in [5.41, 5.74) is 0. The number of likely N-dealkylation sites (N-methyl/N-ethyl adjacent to an activating group) is 1. The number of phosphoric acid groups is 1. The number of nitrogens with zero attached hydrogens (tertiary/aromatic N) is 1. The first-order chi connectivity index (χ1) is 39.5. The summed E-state index contributed by atoms with van der Waals surface area (Å²) in [4.78, 5) is 23.5. The molecule has 0 spiro atoms. The lowest BCUT2D eigenvalue weighted by Crippen LogP contribution is -2.46. The van der Waals surface area contributed by atoms with Crippen molar-refractivity contribution in [1.82, 2.24) is 5.32 Å². The van der Waals surface area contributed by atoms with Crippen molar-refractivity contribution in [3.05, 3.63) is 24.3 Å². The Balaban J connectivity index is 3.99. The highest BCUT2D eigenvalue weighted by molar-refractivity contribution is 7.47. The van der Waals surface area contributed by atoms with Gasteiger partial charge in [0.2, 0.25) is 5.91 Å². The molecule has 0 aliphatic heterocycles. The van der Waals surface area contributed by atoms with Gasteiger partial charge in [0.25, 0.3) is 0 Å². The van der Waals surface area contributed by atoms with Crippen molar-refractivity contribution in [2.24, 2.45) is 0 Å². The van der Waals surface area contributed by atoms with Gasteiger partial charge < -0.3 is 19.8 Å². The van der Waals surface area contributed by atoms with Crippen molar-refractivity contribution in [2.45, 2.75) is 392 Å². The SMILES string of the molecule is CCCCCCC/C=C\C/C=C\CCCCCCCCCCCCCCCCCCCC(=O)NC(COP(=O)(O)OCC[N+](C)(C)C)C(O)CCCCCCCCCCCCCCCCCCCCCCCCCCCCCCCC. The number of phosphoric ester groups is 1. The third-order valence-electron chi connectivity index (χ3n) is 17.0. The number of carbonyl (C=O) groups excluding carboxylic acids is 1. The number of hydrogen-bond acceptors (Lipinski definition) is 5. The van der Waals surface area contributed by atoms with Gasteiger partial charge in [-0.15, -0.1) is 0 Å². The van der Waals surface area contributed by atoms with Crippen molar-refractivity contribution in [3.8, 4) is 0 Å². The Morgan fingerprint density at radius 1 is 0.420 bits per heavy atom. The zero-order chi connectivity index (χ0) is 59.1. The molecule has 0 radical (unpaired) electrons. The molecule has 1 amide bonds. The number of rotatable bonds is 68. The van der Waals surface area contributed by atoms with Crippen LogP contribution >= 0.6 is 7.82 Å². The lowest BCUT2D eigenvalue weighted by Gasteiger charge is -2.26. The fourth-order valence-corrected chi connectivity index (χ4v) is 12.1. The number of aliphatic hydroxyl groups is 1. The zero-order valence-electron chi connectivity index (χ0n) is 55.3. The number of allylic oxidation sites excluding steroid dienone is 4. The fraction of sp³-hybridized carbons (Fsp3) is 0.931. The normalized spacial score (nSPS) is 13.7. The number of nitrogens with one attached hydrogen (secondary N) is 1. The third kappa shape index (κ3) is 66.4. The van der Waals surface area contributed by atoms with E-state index in [1.54, 1.807) is 0 Å². The van der Waals surface area contributed by atoms with Crippen LogP contribution < -0.4 is 5.32 Å². The molecule has 81 heavy (non-hydrogen) atoms. The Kier molecular flexibility index (Phi) is 62.7. The maximum atomic E-state index is 13.1. The molecule has 0 saturated heterocycles. The van der Waals surface area contributed by atoms with Crippen LogP contribution in [-0.2, 0) is 18.4 Å². The highest BCUT2D eigenvalue weighted by atomic mass is 31.2. The number of carbonyl (C=O) groups is 1. The van der Waals surface area contributed by atoms with Crippen molar-refractivity contribution < 1.29 is 32.9 Å². The van der Waals surface area contributed by atoms with Gasteiger partial charge in [-0.05, 0) is 44.9 Å². The van der Waals surface area contributed by atoms with Crippen LogP contribution in [0.5, 0.6) is 0 Å². The van der Waals surface area contributed by atoms with Gasteiger partial charge in [-0.1, -0.05) is 353 Å². The van der Waals surface area contributed by atoms with E-state index in [1.807, 2.05) is 21.1 Å². The largest absolute Gasteiger partial charge is 0.472 e. The van der Waals surface area contributed by atoms with Gasteiger partial charge in [0, 0.05) is 6.42 Å². The summed E-state index contributed by atoms with van der Waals surface area (Å²) in [6, 6.07) is -0.760. The van der Waals surface area contributed by atoms with Crippen LogP contribution in [0.15, 0.2) is 24.3 Å². The molecular weight excluding hydrogens is 1020 g/mol. The van der Waals surface area contributed by atoms with Crippen LogP contribution in [-0.4, -0.2) is 73.4 Å². The molecule has 0 bridgehead atoms. The Morgan fingerprint density at radius 2 is 0.704 bits per heavy atom. The smallest absolute Gasteiger partial charge is 0.391 e. The topological polar surface area (TPSA) is 105 Å². The Hall–Kier alpha value is -1.02. The van der Waals surface area contributed by atoms with E-state index >= 15 is 0 Å². The summed E-state index contributed by atoms with van der Waals surface area (Å²) in [5.74, 6) is -0.136. The molecule has 0 heterocycles. The molecule has 0 rings (SSSR count). The molecule has 3 N–H and O–H groups in total. The average molecular weight is 1160 g/mol. The summed E-state index contributed by atoms with van der Waals surface area (Å²) < 4.78 is 23.9. The molecule has 8 nitrogen and oxygen atoms in total. The molecule has 0 aromatic carbocycles. The lowest BCUT2D eigenvalue weighted by molar-refractivity contribution is -0.870. The van der Waals surface area contributed by atoms with Crippen molar-refractivity contribution in [1.29, 1.82) is 0 Å². The first-order valence-electron chi connectivity index (χ1n) is 36.2. The minimum Gasteiger partial charge on any atom is -0.391 e. The second-order valence-corrected chi connectivity index (χ2v) is 27.8. The van der Waals surface area contributed by atoms with Gasteiger partial charge in [0.1, 0.15) is 13.2 Å². The third-order valence-corrected chi connectivity index (χ3v) is 17.9. The predicted octanol–water partition coefficient (Wildman–Crippen LogP) is 23.1. The van der Waals surface area contributed by atoms with E-state index in [2.05, 4.69) is 43.5 Å². The van der Waals surface area contributed by atoms with Crippen LogP contribution in [0, 0.1) is 0 Å². The summed E-state index contributed by atoms with van der Waals surface area (Å²) >= 11 is 0. The molecule has 0 aromatic heterocycles. The monoisotopic (exact) mass is 1160 g/mol. The highest BCUT2D eigenvalue weighted by Crippen LogP contribution is 2.43. The van der Waals surface area contributed by atoms with E-state index in [4.69, 9.17) is 9.05 Å². The molecule has 0 aliphatic carbocycles. The first-order valence-corrected chi connectivity index (χ1v) is 37.7. The maximum Gasteiger partial charge on any atom is 0.472 e. The number of aliphatic hydroxyl groups excluding tert-OH is 1. The highest BCUT2D eigenvalue weighted by Gasteiger charge is 2.28. The van der Waals surface area contributed by atoms with Crippen LogP contribution in [0.25, 0.3) is 0 Å². The van der Waals surface area contributed by atoms with Gasteiger partial charge in [-0.25, -0.2) is 4.57 Å². The number of hydrogen-bond donors (Lipinski definition) is 3. The van der Waals surface area contributed by atoms with E-state index in [1.165, 1.54) is 308 Å². The van der Waals surface area contributed by atoms with Gasteiger partial charge in [0.15, 0.2) is 0 Å². The van der Waals surface area contributed by atoms with Gasteiger partial charge in [-0.2, -0.15) is 0 Å². The number of amides is 1. The van der Waals surface area contributed by atoms with E-state index < -0.39 is 20.0 Å². The van der Waals surface area contributed by atoms with Crippen LogP contribution in [0.4, 0.5) is 0 Å². The molecule has 0 aromatic rings. The van der Waals surface area contributed by atoms with E-state index in [9.17, 15) is 19.4 Å². The van der Waals surface area contributed by atoms with Crippen molar-refractivity contribution in [2.75, 3.05) is 40.9 Å². The minimum atomic E-state index is -4.33. The quantitative estimate of drug-likeness (QED) is 0.0243. The standard InChI is InChI=1S/C72H143N2O6P/c1-6-8-10-12-14-16-18-20-22-24-26-28-30-32-34-36-38-39-41-43-45-47-49-51-53-55-57-59-61-63-65-71(75)70(69-80-81(77,78)79-68-67-74(3,4)5)73-72(76)66-64-62-60-58-56-54-52-50-48-46-44-42-40-37-35-33-31-29-27-25-23-21-19-17-15-13-11-9-7-2/h19,21,25,27,70-71,75H,6-18,20,22-24,26,28-69H2,1-5H3,(H-,73,76,77,78)/p+1/b21-19-,27-25-. The Bertz CT molecular complexity index is 1370. The lowest BCUT2D eigenvalue weighted by atomic mass is 10.0. The summed E-state index contributed by atoms with van der Waals surface area (Å²) in [7, 11) is 1.64. The predicted molar refractivity (Wildman–Crippen MR) is 355 cm³/mol. The number of unbranched alkanes of at least 4 members (excludes halogenated alkanes) is 51. The second-order valence-electron chi connectivity index (χ2n) is 26.3. The molecule has 482 valence electrons. The van der Waals surface area contributed by atoms with Crippen LogP contribution in [0.1, 0.15) is 380 Å².